The van der Waals surface area contributed by atoms with Gasteiger partial charge in [0.2, 0.25) is 0 Å². The molecule has 0 unspecified atom stereocenters. The van der Waals surface area contributed by atoms with Gasteiger partial charge >= 0.3 is 0 Å². The summed E-state index contributed by atoms with van der Waals surface area (Å²) >= 11 is 13.8. The van der Waals surface area contributed by atoms with Crippen molar-refractivity contribution in [1.29, 1.82) is 0 Å². The van der Waals surface area contributed by atoms with Gasteiger partial charge in [0.1, 0.15) is 23.0 Å². The Morgan fingerprint density at radius 2 is 1.27 bits per heavy atom. The summed E-state index contributed by atoms with van der Waals surface area (Å²) in [5.41, 5.74) is 5.47. The number of hydrogen-bond donors (Lipinski definition) is 5. The minimum atomic E-state index is -0.577. The summed E-state index contributed by atoms with van der Waals surface area (Å²) in [7, 11) is 0. The van der Waals surface area contributed by atoms with Crippen LogP contribution in [0.15, 0.2) is 72.1 Å². The van der Waals surface area contributed by atoms with E-state index in [4.69, 9.17) is 0 Å². The normalized spacial score (nSPS) is 21.2. The molecule has 0 fully saturated rings. The molecule has 284 valence electrons. The molecule has 5 nitrogen and oxygen atoms in total. The minimum absolute atomic E-state index is 0.0523. The Balaban J connectivity index is 0.000000293. The Hall–Kier alpha value is -1.52. The van der Waals surface area contributed by atoms with E-state index in [1.165, 1.54) is 17.2 Å². The van der Waals surface area contributed by atoms with Crippen LogP contribution in [0.5, 0.6) is 23.0 Å². The van der Waals surface area contributed by atoms with Gasteiger partial charge in [-0.2, -0.15) is 0 Å². The SMILES string of the molecule is C=C(C)[C@@H]1C=C[C@@](C)(O)CC1.C=C(C)[C@H]1CCC(C)=C[C@@H]1c1c(O)c(Br)c(CCCCC)c(Br)c1O.CCCCCc1c(Br)c(O)cc(O)c1Br. The molecule has 4 atom stereocenters. The maximum absolute atomic E-state index is 10.9. The lowest BCUT2D eigenvalue weighted by Crippen LogP contribution is -2.25. The van der Waals surface area contributed by atoms with E-state index in [0.29, 0.717) is 29.4 Å². The largest absolute Gasteiger partial charge is 0.507 e. The number of aromatic hydroxyl groups is 4. The number of hydrogen-bond acceptors (Lipinski definition) is 5. The number of aliphatic hydroxyl groups is 1. The van der Waals surface area contributed by atoms with Crippen molar-refractivity contribution in [3.63, 3.8) is 0 Å². The fourth-order valence-electron chi connectivity index (χ4n) is 6.52. The van der Waals surface area contributed by atoms with Crippen molar-refractivity contribution in [2.75, 3.05) is 0 Å². The molecule has 0 saturated heterocycles. The van der Waals surface area contributed by atoms with Crippen LogP contribution in [0.2, 0.25) is 0 Å². The molecule has 9 heteroatoms. The molecule has 0 aromatic heterocycles. The van der Waals surface area contributed by atoms with Gasteiger partial charge in [-0.1, -0.05) is 87.6 Å². The van der Waals surface area contributed by atoms with Gasteiger partial charge in [0, 0.05) is 17.5 Å². The second-order valence-corrected chi connectivity index (χ2v) is 17.6. The molecule has 2 aliphatic rings. The third-order valence-electron chi connectivity index (χ3n) is 9.77. The molecule has 2 aliphatic carbocycles. The Morgan fingerprint density at radius 1 is 0.784 bits per heavy atom. The van der Waals surface area contributed by atoms with E-state index < -0.39 is 5.60 Å². The molecule has 0 amide bonds. The second-order valence-electron chi connectivity index (χ2n) is 14.4. The number of rotatable bonds is 11. The standard InChI is InChI=1S/C21H28Br2O2.C11H14Br2O2.C10H16O/c1-5-6-7-8-15-18(22)20(24)17(21(25)19(15)23)16-11-13(4)9-10-14(16)12(2)3;1-2-3-4-5-7-10(12)8(14)6-9(15)11(7)13;1-8(2)9-4-6-10(3,11)7-5-9/h11,14,16,24-25H,2,5-10H2,1,3-4H3;6,14-15H,2-5H2,1H3;4,6,9,11H,1,5,7H2,2-3H3/t14-,16+;;9-,10-/m1.1/s1. The number of phenols is 4. The van der Waals surface area contributed by atoms with E-state index in [1.54, 1.807) is 0 Å². The fourth-order valence-corrected chi connectivity index (χ4v) is 9.29. The number of benzene rings is 2. The van der Waals surface area contributed by atoms with Gasteiger partial charge < -0.3 is 25.5 Å². The van der Waals surface area contributed by atoms with E-state index in [2.05, 4.69) is 110 Å². The highest BCUT2D eigenvalue weighted by Gasteiger charge is 2.33. The lowest BCUT2D eigenvalue weighted by molar-refractivity contribution is 0.0903. The first-order valence-electron chi connectivity index (χ1n) is 18.1. The van der Waals surface area contributed by atoms with Gasteiger partial charge in [0.15, 0.2) is 0 Å². The molecule has 2 aromatic carbocycles. The van der Waals surface area contributed by atoms with Gasteiger partial charge in [0.05, 0.1) is 23.5 Å². The second kappa shape index (κ2) is 21.4. The number of halogens is 4. The summed E-state index contributed by atoms with van der Waals surface area (Å²) in [6.45, 7) is 20.4. The van der Waals surface area contributed by atoms with Crippen LogP contribution in [-0.4, -0.2) is 31.1 Å². The third kappa shape index (κ3) is 13.1. The third-order valence-corrected chi connectivity index (χ3v) is 13.2. The molecule has 0 aliphatic heterocycles. The molecule has 51 heavy (non-hydrogen) atoms. The fraction of sp³-hybridized carbons (Fsp3) is 0.524. The van der Waals surface area contributed by atoms with Gasteiger partial charge in [-0.05, 0) is 166 Å². The highest BCUT2D eigenvalue weighted by molar-refractivity contribution is 9.11. The summed E-state index contributed by atoms with van der Waals surface area (Å²) in [6.07, 6.45) is 18.3. The van der Waals surface area contributed by atoms with Crippen molar-refractivity contribution in [1.82, 2.24) is 0 Å². The zero-order valence-corrected chi connectivity index (χ0v) is 37.5. The predicted molar refractivity (Wildman–Crippen MR) is 228 cm³/mol. The molecular formula is C42H58Br4O5. The molecule has 0 radical (unpaired) electrons. The van der Waals surface area contributed by atoms with E-state index in [9.17, 15) is 25.5 Å². The van der Waals surface area contributed by atoms with Crippen LogP contribution in [0.4, 0.5) is 0 Å². The van der Waals surface area contributed by atoms with Crippen LogP contribution in [-0.2, 0) is 12.8 Å². The zero-order valence-electron chi connectivity index (χ0n) is 31.2. The summed E-state index contributed by atoms with van der Waals surface area (Å²) < 4.78 is 2.73. The maximum atomic E-state index is 10.9. The van der Waals surface area contributed by atoms with E-state index in [1.807, 2.05) is 26.8 Å². The first-order valence-corrected chi connectivity index (χ1v) is 21.3. The van der Waals surface area contributed by atoms with Crippen LogP contribution in [0, 0.1) is 11.8 Å². The van der Waals surface area contributed by atoms with Crippen molar-refractivity contribution in [2.45, 2.75) is 130 Å². The smallest absolute Gasteiger partial charge is 0.137 e. The van der Waals surface area contributed by atoms with Crippen LogP contribution in [0.1, 0.15) is 128 Å². The molecule has 0 saturated carbocycles. The van der Waals surface area contributed by atoms with E-state index in [0.717, 1.165) is 93.7 Å². The maximum Gasteiger partial charge on any atom is 0.137 e. The lowest BCUT2D eigenvalue weighted by Gasteiger charge is -2.32. The Labute approximate surface area is 340 Å². The van der Waals surface area contributed by atoms with E-state index >= 15 is 0 Å². The van der Waals surface area contributed by atoms with E-state index in [-0.39, 0.29) is 34.8 Å². The summed E-state index contributed by atoms with van der Waals surface area (Å²) in [5, 5.41) is 50.4. The number of allylic oxidation sites excluding steroid dienone is 5. The average Bonchev–Trinajstić information content (AvgIpc) is 3.06. The summed E-state index contributed by atoms with van der Waals surface area (Å²) in [4.78, 5) is 0. The molecule has 4 rings (SSSR count). The van der Waals surface area contributed by atoms with Gasteiger partial charge in [-0.15, -0.1) is 0 Å². The number of phenolic OH excluding ortho intramolecular Hbond substituents is 4. The molecule has 0 bridgehead atoms. The van der Waals surface area contributed by atoms with Gasteiger partial charge in [-0.25, -0.2) is 0 Å². The van der Waals surface area contributed by atoms with Gasteiger partial charge in [0.25, 0.3) is 0 Å². The first kappa shape index (κ1) is 45.6. The average molecular weight is 963 g/mol. The van der Waals surface area contributed by atoms with Crippen molar-refractivity contribution >= 4 is 63.7 Å². The van der Waals surface area contributed by atoms with Gasteiger partial charge in [-0.3, -0.25) is 0 Å². The Morgan fingerprint density at radius 3 is 1.69 bits per heavy atom. The predicted octanol–water partition coefficient (Wildman–Crippen LogP) is 14.0. The topological polar surface area (TPSA) is 101 Å². The summed E-state index contributed by atoms with van der Waals surface area (Å²) in [6, 6.07) is 1.33. The minimum Gasteiger partial charge on any atom is -0.507 e. The van der Waals surface area contributed by atoms with Crippen molar-refractivity contribution in [3.05, 3.63) is 88.8 Å². The molecule has 5 N–H and O–H groups in total. The molecule has 2 aromatic rings. The van der Waals surface area contributed by atoms with Crippen LogP contribution in [0.25, 0.3) is 0 Å². The number of unbranched alkanes of at least 4 members (excludes halogenated alkanes) is 4. The summed E-state index contributed by atoms with van der Waals surface area (Å²) in [5.74, 6) is 1.15. The monoisotopic (exact) mass is 958 g/mol. The Kier molecular flexibility index (Phi) is 19.1. The van der Waals surface area contributed by atoms with Crippen LogP contribution < -0.4 is 0 Å². The van der Waals surface area contributed by atoms with Crippen molar-refractivity contribution in [3.8, 4) is 23.0 Å². The molecular weight excluding hydrogens is 904 g/mol. The highest BCUT2D eigenvalue weighted by Crippen LogP contribution is 2.52. The lowest BCUT2D eigenvalue weighted by atomic mass is 9.73. The van der Waals surface area contributed by atoms with Crippen molar-refractivity contribution in [2.24, 2.45) is 11.8 Å². The first-order chi connectivity index (χ1) is 23.9. The highest BCUT2D eigenvalue weighted by atomic mass is 79.9. The zero-order chi connectivity index (χ0) is 38.6. The van der Waals surface area contributed by atoms with Crippen LogP contribution in [0.3, 0.4) is 0 Å². The van der Waals surface area contributed by atoms with Crippen molar-refractivity contribution < 1.29 is 25.5 Å². The van der Waals surface area contributed by atoms with Crippen LogP contribution >= 0.6 is 63.7 Å². The Bertz CT molecular complexity index is 1520. The quantitative estimate of drug-likeness (QED) is 0.114. The molecule has 0 heterocycles. The molecule has 0 spiro atoms.